The third-order valence-corrected chi connectivity index (χ3v) is 7.93. The van der Waals surface area contributed by atoms with Crippen LogP contribution in [0.25, 0.3) is 0 Å². The second-order valence-electron chi connectivity index (χ2n) is 9.71. The molecule has 0 radical (unpaired) electrons. The van der Waals surface area contributed by atoms with Crippen LogP contribution in [0, 0.1) is 5.92 Å². The lowest BCUT2D eigenvalue weighted by atomic mass is 9.75. The first-order valence-electron chi connectivity index (χ1n) is 13.8. The fourth-order valence-corrected chi connectivity index (χ4v) is 5.58. The summed E-state index contributed by atoms with van der Waals surface area (Å²) in [6, 6.07) is 11.6. The molecule has 0 saturated heterocycles. The number of hydrogen-bond acceptors (Lipinski definition) is 10. The Morgan fingerprint density at radius 2 is 1.59 bits per heavy atom. The Balaban J connectivity index is 1.49. The zero-order valence-electron chi connectivity index (χ0n) is 24.5. The number of carbonyl (C=O) groups is 4. The van der Waals surface area contributed by atoms with Crippen LogP contribution in [0.15, 0.2) is 58.7 Å². The van der Waals surface area contributed by atoms with Gasteiger partial charge in [0, 0.05) is 13.0 Å². The van der Waals surface area contributed by atoms with Crippen LogP contribution in [0.3, 0.4) is 0 Å². The fourth-order valence-electron chi connectivity index (χ4n) is 5.16. The zero-order valence-corrected chi connectivity index (χ0v) is 26.0. The van der Waals surface area contributed by atoms with E-state index in [0.29, 0.717) is 22.4 Å². The van der Waals surface area contributed by atoms with E-state index in [4.69, 9.17) is 46.9 Å². The molecule has 2 atom stereocenters. The van der Waals surface area contributed by atoms with Crippen LogP contribution in [-0.2, 0) is 33.3 Å². The van der Waals surface area contributed by atoms with Crippen LogP contribution in [-0.4, -0.2) is 94.8 Å². The molecule has 0 aliphatic carbocycles. The van der Waals surface area contributed by atoms with Crippen molar-refractivity contribution in [1.29, 1.82) is 0 Å². The molecular formula is C31H32Cl2N2O9. The fraction of sp³-hybridized carbons (Fsp3) is 0.387. The van der Waals surface area contributed by atoms with E-state index in [0.717, 1.165) is 4.90 Å². The van der Waals surface area contributed by atoms with E-state index in [9.17, 15) is 19.2 Å². The lowest BCUT2D eigenvalue weighted by molar-refractivity contribution is -0.144. The minimum absolute atomic E-state index is 0.0328. The van der Waals surface area contributed by atoms with Crippen molar-refractivity contribution in [3.8, 4) is 0 Å². The summed E-state index contributed by atoms with van der Waals surface area (Å²) in [5.41, 5.74) is 1.78. The number of aliphatic imine (C=N–C) groups is 1. The van der Waals surface area contributed by atoms with Gasteiger partial charge in [0.25, 0.3) is 11.8 Å². The summed E-state index contributed by atoms with van der Waals surface area (Å²) in [5, 5.41) is 0.406. The Bertz CT molecular complexity index is 1460. The smallest absolute Gasteiger partial charge is 0.336 e. The third kappa shape index (κ3) is 7.03. The van der Waals surface area contributed by atoms with Gasteiger partial charge in [-0.15, -0.1) is 0 Å². The first-order valence-corrected chi connectivity index (χ1v) is 14.6. The average Bonchev–Trinajstić information content (AvgIpc) is 3.26. The van der Waals surface area contributed by atoms with Gasteiger partial charge in [-0.3, -0.25) is 24.3 Å². The molecule has 0 N–H and O–H groups in total. The van der Waals surface area contributed by atoms with Gasteiger partial charge in [0.2, 0.25) is 0 Å². The second kappa shape index (κ2) is 15.4. The van der Waals surface area contributed by atoms with Crippen molar-refractivity contribution in [3.05, 3.63) is 80.5 Å². The zero-order chi connectivity index (χ0) is 31.8. The molecule has 2 aliphatic rings. The number of imide groups is 1. The summed E-state index contributed by atoms with van der Waals surface area (Å²) in [7, 11) is 2.70. The number of benzene rings is 2. The first-order chi connectivity index (χ1) is 21.2. The predicted molar refractivity (Wildman–Crippen MR) is 161 cm³/mol. The number of amides is 2. The van der Waals surface area contributed by atoms with Crippen LogP contribution < -0.4 is 0 Å². The standard InChI is InChI=1S/C31H32Cl2N2O9/c1-4-44-31(39)26-23(17-43-15-14-42-13-12-35-28(36)18-8-5-6-9-19(18)29(35)37)34-22(16-40-2)25(30(38)41-3)24(26)20-10-7-11-21(32)27(20)33/h5-11,24-25H,4,12-17H2,1-3H3. The molecule has 0 saturated carbocycles. The van der Waals surface area contributed by atoms with Crippen LogP contribution in [0.4, 0.5) is 0 Å². The number of esters is 2. The number of fused-ring (bicyclic) bond motifs is 1. The Labute approximate surface area is 264 Å². The molecule has 2 aromatic carbocycles. The van der Waals surface area contributed by atoms with Crippen molar-refractivity contribution in [3.63, 3.8) is 0 Å². The highest BCUT2D eigenvalue weighted by Gasteiger charge is 2.45. The predicted octanol–water partition coefficient (Wildman–Crippen LogP) is 4.11. The molecule has 0 bridgehead atoms. The molecule has 2 heterocycles. The third-order valence-electron chi connectivity index (χ3n) is 7.10. The van der Waals surface area contributed by atoms with Gasteiger partial charge in [-0.1, -0.05) is 47.5 Å². The average molecular weight is 648 g/mol. The SMILES string of the molecule is CCOC(=O)C1=C(COCCOCCN2C(=O)c3ccccc3C2=O)N=C(COC)C(C(=O)OC)C1c1cccc(Cl)c1Cl. The Kier molecular flexibility index (Phi) is 11.7. The number of rotatable bonds is 14. The van der Waals surface area contributed by atoms with Crippen LogP contribution in [0.2, 0.25) is 10.0 Å². The Morgan fingerprint density at radius 3 is 2.23 bits per heavy atom. The van der Waals surface area contributed by atoms with Crippen molar-refractivity contribution in [1.82, 2.24) is 4.90 Å². The van der Waals surface area contributed by atoms with E-state index in [2.05, 4.69) is 4.99 Å². The van der Waals surface area contributed by atoms with Crippen LogP contribution >= 0.6 is 23.2 Å². The van der Waals surface area contributed by atoms with Gasteiger partial charge in [0.05, 0.1) is 91.4 Å². The molecule has 2 amide bonds. The van der Waals surface area contributed by atoms with Gasteiger partial charge in [-0.25, -0.2) is 4.79 Å². The molecule has 2 aromatic rings. The van der Waals surface area contributed by atoms with Crippen molar-refractivity contribution in [2.45, 2.75) is 12.8 Å². The van der Waals surface area contributed by atoms with Crippen LogP contribution in [0.1, 0.15) is 39.1 Å². The number of halogens is 2. The lowest BCUT2D eigenvalue weighted by Crippen LogP contribution is -2.40. The summed E-state index contributed by atoms with van der Waals surface area (Å²) in [4.78, 5) is 57.3. The van der Waals surface area contributed by atoms with E-state index in [1.54, 1.807) is 49.4 Å². The maximum absolute atomic E-state index is 13.4. The molecule has 234 valence electrons. The molecule has 0 aromatic heterocycles. The van der Waals surface area contributed by atoms with Crippen molar-refractivity contribution in [2.75, 3.05) is 60.4 Å². The van der Waals surface area contributed by atoms with E-state index >= 15 is 0 Å². The topological polar surface area (TPSA) is 130 Å². The maximum atomic E-state index is 13.4. The highest BCUT2D eigenvalue weighted by molar-refractivity contribution is 6.42. The monoisotopic (exact) mass is 646 g/mol. The van der Waals surface area contributed by atoms with E-state index in [-0.39, 0.29) is 79.3 Å². The van der Waals surface area contributed by atoms with Gasteiger partial charge in [-0.2, -0.15) is 0 Å². The van der Waals surface area contributed by atoms with Gasteiger partial charge in [0.15, 0.2) is 0 Å². The normalized spacial score (nSPS) is 17.9. The van der Waals surface area contributed by atoms with Crippen molar-refractivity contribution in [2.24, 2.45) is 10.9 Å². The second-order valence-corrected chi connectivity index (χ2v) is 10.5. The molecule has 44 heavy (non-hydrogen) atoms. The van der Waals surface area contributed by atoms with E-state index in [1.807, 2.05) is 0 Å². The number of ether oxygens (including phenoxy) is 5. The Hall–Kier alpha value is -3.61. The van der Waals surface area contributed by atoms with E-state index < -0.39 is 23.8 Å². The van der Waals surface area contributed by atoms with Gasteiger partial charge in [0.1, 0.15) is 5.92 Å². The lowest BCUT2D eigenvalue weighted by Gasteiger charge is -2.33. The number of carbonyl (C=O) groups excluding carboxylic acids is 4. The molecule has 0 spiro atoms. The molecule has 2 aliphatic heterocycles. The van der Waals surface area contributed by atoms with Crippen molar-refractivity contribution >= 4 is 52.7 Å². The molecule has 0 fully saturated rings. The molecule has 2 unspecified atom stereocenters. The minimum Gasteiger partial charge on any atom is -0.468 e. The summed E-state index contributed by atoms with van der Waals surface area (Å²) in [6.45, 7) is 2.00. The molecule has 4 rings (SSSR count). The number of hydrogen-bond donors (Lipinski definition) is 0. The molecule has 11 nitrogen and oxygen atoms in total. The maximum Gasteiger partial charge on any atom is 0.336 e. The van der Waals surface area contributed by atoms with Gasteiger partial charge in [-0.05, 0) is 30.7 Å². The summed E-state index contributed by atoms with van der Waals surface area (Å²) >= 11 is 12.9. The summed E-state index contributed by atoms with van der Waals surface area (Å²) < 4.78 is 27.2. The summed E-state index contributed by atoms with van der Waals surface area (Å²) in [5.74, 6) is -4.06. The van der Waals surface area contributed by atoms with E-state index in [1.165, 1.54) is 14.2 Å². The Morgan fingerprint density at radius 1 is 0.909 bits per heavy atom. The molecule has 13 heteroatoms. The summed E-state index contributed by atoms with van der Waals surface area (Å²) in [6.07, 6.45) is 0. The van der Waals surface area contributed by atoms with Crippen molar-refractivity contribution < 1.29 is 42.9 Å². The van der Waals surface area contributed by atoms with Crippen LogP contribution in [0.5, 0.6) is 0 Å². The number of nitrogens with zero attached hydrogens (tertiary/aromatic N) is 2. The number of methoxy groups -OCH3 is 2. The largest absolute Gasteiger partial charge is 0.468 e. The first kappa shape index (κ1) is 33.3. The molecular weight excluding hydrogens is 615 g/mol. The highest BCUT2D eigenvalue weighted by Crippen LogP contribution is 2.44. The quantitative estimate of drug-likeness (QED) is 0.169. The van der Waals surface area contributed by atoms with Gasteiger partial charge < -0.3 is 23.7 Å². The minimum atomic E-state index is -1.05. The highest BCUT2D eigenvalue weighted by atomic mass is 35.5. The van der Waals surface area contributed by atoms with Gasteiger partial charge >= 0.3 is 11.9 Å².